The average molecular weight is 434 g/mol. The van der Waals surface area contributed by atoms with Crippen molar-refractivity contribution in [2.45, 2.75) is 31.3 Å². The van der Waals surface area contributed by atoms with Crippen LogP contribution in [0.2, 0.25) is 0 Å². The predicted octanol–water partition coefficient (Wildman–Crippen LogP) is 4.33. The largest absolute Gasteiger partial charge is 0.378 e. The fraction of sp³-hybridized carbons (Fsp3) is 0.450. The zero-order valence-electron chi connectivity index (χ0n) is 16.5. The van der Waals surface area contributed by atoms with E-state index in [0.29, 0.717) is 5.92 Å². The molecule has 9 heteroatoms. The molecule has 154 valence electrons. The van der Waals surface area contributed by atoms with Gasteiger partial charge in [0.1, 0.15) is 10.8 Å². The maximum Gasteiger partial charge on any atom is 0.228 e. The molecule has 3 aromatic rings. The molecule has 0 saturated carbocycles. The van der Waals surface area contributed by atoms with E-state index in [1.807, 2.05) is 0 Å². The molecule has 1 aromatic carbocycles. The summed E-state index contributed by atoms with van der Waals surface area (Å²) in [6.45, 7) is 8.41. The molecule has 1 saturated heterocycles. The van der Waals surface area contributed by atoms with E-state index in [4.69, 9.17) is 9.72 Å². The summed E-state index contributed by atoms with van der Waals surface area (Å²) in [6, 6.07) is 6.46. The fourth-order valence-electron chi connectivity index (χ4n) is 3.15. The van der Waals surface area contributed by atoms with Gasteiger partial charge in [-0.15, -0.1) is 21.5 Å². The van der Waals surface area contributed by atoms with Crippen LogP contribution in [0.25, 0.3) is 10.6 Å². The first-order chi connectivity index (χ1) is 14.1. The summed E-state index contributed by atoms with van der Waals surface area (Å²) in [6.07, 6.45) is 0. The summed E-state index contributed by atoms with van der Waals surface area (Å²) < 4.78 is 20.8. The molecule has 0 aliphatic carbocycles. The molecule has 0 atom stereocenters. The van der Waals surface area contributed by atoms with Crippen LogP contribution < -0.4 is 4.90 Å². The number of rotatable bonds is 7. The molecule has 1 aliphatic heterocycles. The SMILES string of the molecule is CC(C)Cn1c(SCc2csc(-c3ccc(F)cc3)n2)nnc1N1CCOCC1. The van der Waals surface area contributed by atoms with Gasteiger partial charge in [-0.2, -0.15) is 0 Å². The summed E-state index contributed by atoms with van der Waals surface area (Å²) in [4.78, 5) is 6.95. The van der Waals surface area contributed by atoms with Crippen molar-refractivity contribution in [1.29, 1.82) is 0 Å². The summed E-state index contributed by atoms with van der Waals surface area (Å²) in [5, 5.41) is 12.8. The van der Waals surface area contributed by atoms with E-state index in [-0.39, 0.29) is 5.82 Å². The van der Waals surface area contributed by atoms with E-state index in [0.717, 1.165) is 66.0 Å². The number of nitrogens with zero attached hydrogens (tertiary/aromatic N) is 5. The van der Waals surface area contributed by atoms with Crippen LogP contribution in [0.15, 0.2) is 34.8 Å². The van der Waals surface area contributed by atoms with E-state index in [2.05, 4.69) is 38.9 Å². The summed E-state index contributed by atoms with van der Waals surface area (Å²) in [5.41, 5.74) is 1.93. The lowest BCUT2D eigenvalue weighted by Crippen LogP contribution is -2.38. The zero-order valence-corrected chi connectivity index (χ0v) is 18.2. The monoisotopic (exact) mass is 433 g/mol. The Morgan fingerprint density at radius 2 is 1.93 bits per heavy atom. The lowest BCUT2D eigenvalue weighted by atomic mass is 10.2. The Bertz CT molecular complexity index is 935. The molecule has 2 aromatic heterocycles. The van der Waals surface area contributed by atoms with Crippen molar-refractivity contribution in [3.63, 3.8) is 0 Å². The summed E-state index contributed by atoms with van der Waals surface area (Å²) in [7, 11) is 0. The van der Waals surface area contributed by atoms with Crippen molar-refractivity contribution in [3.8, 4) is 10.6 Å². The Balaban J connectivity index is 1.48. The summed E-state index contributed by atoms with van der Waals surface area (Å²) in [5.74, 6) is 1.91. The second-order valence-corrected chi connectivity index (χ2v) is 9.13. The van der Waals surface area contributed by atoms with Gasteiger partial charge in [-0.25, -0.2) is 9.37 Å². The number of anilines is 1. The number of hydrogen-bond acceptors (Lipinski definition) is 7. The van der Waals surface area contributed by atoms with Crippen LogP contribution in [-0.2, 0) is 17.0 Å². The minimum Gasteiger partial charge on any atom is -0.378 e. The third kappa shape index (κ3) is 4.96. The first kappa shape index (κ1) is 20.3. The number of morpholine rings is 1. The molecule has 1 fully saturated rings. The van der Waals surface area contributed by atoms with Crippen LogP contribution >= 0.6 is 23.1 Å². The molecule has 0 bridgehead atoms. The van der Waals surface area contributed by atoms with Crippen LogP contribution in [0.1, 0.15) is 19.5 Å². The van der Waals surface area contributed by atoms with Crippen molar-refractivity contribution < 1.29 is 9.13 Å². The maximum absolute atomic E-state index is 13.1. The van der Waals surface area contributed by atoms with Crippen molar-refractivity contribution >= 4 is 29.0 Å². The van der Waals surface area contributed by atoms with Crippen LogP contribution in [0.3, 0.4) is 0 Å². The third-order valence-corrected chi connectivity index (χ3v) is 6.47. The van der Waals surface area contributed by atoms with E-state index in [9.17, 15) is 4.39 Å². The van der Waals surface area contributed by atoms with Crippen LogP contribution in [-0.4, -0.2) is 46.1 Å². The summed E-state index contributed by atoms with van der Waals surface area (Å²) >= 11 is 3.23. The second kappa shape index (κ2) is 9.23. The van der Waals surface area contributed by atoms with Crippen LogP contribution in [0.5, 0.6) is 0 Å². The number of halogens is 1. The highest BCUT2D eigenvalue weighted by atomic mass is 32.2. The third-order valence-electron chi connectivity index (χ3n) is 4.53. The molecule has 6 nitrogen and oxygen atoms in total. The zero-order chi connectivity index (χ0) is 20.2. The molecule has 0 unspecified atom stereocenters. The average Bonchev–Trinajstić information content (AvgIpc) is 3.34. The lowest BCUT2D eigenvalue weighted by molar-refractivity contribution is 0.121. The topological polar surface area (TPSA) is 56.1 Å². The Kier molecular flexibility index (Phi) is 6.46. The number of thioether (sulfide) groups is 1. The van der Waals surface area contributed by atoms with Gasteiger partial charge < -0.3 is 9.64 Å². The predicted molar refractivity (Wildman–Crippen MR) is 115 cm³/mol. The fourth-order valence-corrected chi connectivity index (χ4v) is 4.91. The Hall–Kier alpha value is -1.97. The molecule has 3 heterocycles. The second-order valence-electron chi connectivity index (χ2n) is 7.33. The van der Waals surface area contributed by atoms with Gasteiger partial charge in [-0.05, 0) is 30.2 Å². The minimum atomic E-state index is -0.235. The molecular formula is C20H24FN5OS2. The van der Waals surface area contributed by atoms with E-state index in [1.54, 1.807) is 35.2 Å². The van der Waals surface area contributed by atoms with Crippen molar-refractivity contribution in [2.75, 3.05) is 31.2 Å². The standard InChI is InChI=1S/C20H24FN5OS2/c1-14(2)11-26-19(25-7-9-27-10-8-25)23-24-20(26)29-13-17-12-28-18(22-17)15-3-5-16(21)6-4-15/h3-6,12,14H,7-11,13H2,1-2H3. The molecule has 1 aliphatic rings. The Labute approximate surface area is 178 Å². The van der Waals surface area contributed by atoms with E-state index in [1.165, 1.54) is 12.1 Å². The molecule has 29 heavy (non-hydrogen) atoms. The number of ether oxygens (including phenoxy) is 1. The van der Waals surface area contributed by atoms with Gasteiger partial charge in [0.25, 0.3) is 0 Å². The highest BCUT2D eigenvalue weighted by Crippen LogP contribution is 2.29. The molecule has 0 amide bonds. The van der Waals surface area contributed by atoms with Gasteiger partial charge in [0.15, 0.2) is 5.16 Å². The first-order valence-corrected chi connectivity index (χ1v) is 11.6. The van der Waals surface area contributed by atoms with Gasteiger partial charge in [0.2, 0.25) is 5.95 Å². The molecule has 4 rings (SSSR count). The van der Waals surface area contributed by atoms with Crippen molar-refractivity contribution in [1.82, 2.24) is 19.7 Å². The van der Waals surface area contributed by atoms with E-state index >= 15 is 0 Å². The first-order valence-electron chi connectivity index (χ1n) is 9.69. The Morgan fingerprint density at radius 1 is 1.17 bits per heavy atom. The number of hydrogen-bond donors (Lipinski definition) is 0. The molecular weight excluding hydrogens is 409 g/mol. The van der Waals surface area contributed by atoms with Crippen molar-refractivity contribution in [3.05, 3.63) is 41.2 Å². The minimum absolute atomic E-state index is 0.235. The van der Waals surface area contributed by atoms with Gasteiger partial charge in [-0.1, -0.05) is 25.6 Å². The lowest BCUT2D eigenvalue weighted by Gasteiger charge is -2.28. The van der Waals surface area contributed by atoms with Gasteiger partial charge >= 0.3 is 0 Å². The number of thiazole rings is 1. The van der Waals surface area contributed by atoms with E-state index < -0.39 is 0 Å². The van der Waals surface area contributed by atoms with Crippen LogP contribution in [0.4, 0.5) is 10.3 Å². The van der Waals surface area contributed by atoms with Crippen molar-refractivity contribution in [2.24, 2.45) is 5.92 Å². The number of benzene rings is 1. The maximum atomic E-state index is 13.1. The van der Waals surface area contributed by atoms with Crippen LogP contribution in [0, 0.1) is 11.7 Å². The highest BCUT2D eigenvalue weighted by Gasteiger charge is 2.21. The number of aromatic nitrogens is 4. The quantitative estimate of drug-likeness (QED) is 0.517. The molecule has 0 N–H and O–H groups in total. The Morgan fingerprint density at radius 3 is 2.66 bits per heavy atom. The van der Waals surface area contributed by atoms with Gasteiger partial charge in [0.05, 0.1) is 18.9 Å². The van der Waals surface area contributed by atoms with Gasteiger partial charge in [-0.3, -0.25) is 4.57 Å². The normalized spacial score (nSPS) is 14.7. The smallest absolute Gasteiger partial charge is 0.228 e. The highest BCUT2D eigenvalue weighted by molar-refractivity contribution is 7.98. The molecule has 0 spiro atoms. The molecule has 0 radical (unpaired) electrons. The van der Waals surface area contributed by atoms with Gasteiger partial charge in [0, 0.05) is 36.3 Å².